The van der Waals surface area contributed by atoms with E-state index in [1.807, 2.05) is 17.0 Å². The van der Waals surface area contributed by atoms with Crippen LogP contribution in [0.1, 0.15) is 104 Å². The third kappa shape index (κ3) is 9.48. The van der Waals surface area contributed by atoms with Gasteiger partial charge in [-0.2, -0.15) is 5.10 Å². The van der Waals surface area contributed by atoms with Crippen LogP contribution in [0.25, 0.3) is 5.65 Å². The maximum atomic E-state index is 14.6. The molecule has 4 N–H and O–H groups in total. The van der Waals surface area contributed by atoms with Gasteiger partial charge >= 0.3 is 0 Å². The third-order valence-electron chi connectivity index (χ3n) is 11.2. The number of carbonyl (C=O) groups excluding carboxylic acids is 3. The minimum Gasteiger partial charge on any atom is -0.392 e. The predicted octanol–water partition coefficient (Wildman–Crippen LogP) is 5.49. The van der Waals surface area contributed by atoms with Crippen LogP contribution in [0.15, 0.2) is 60.9 Å². The molecule has 5 heterocycles. The summed E-state index contributed by atoms with van der Waals surface area (Å²) >= 11 is 0. The number of anilines is 2. The average Bonchev–Trinajstić information content (AvgIpc) is 3.85. The Labute approximate surface area is 319 Å². The highest BCUT2D eigenvalue weighted by atomic mass is 19.1. The van der Waals surface area contributed by atoms with Crippen LogP contribution >= 0.6 is 0 Å². The number of piperidine rings is 2. The smallest absolute Gasteiger partial charge is 0.256 e. The zero-order valence-corrected chi connectivity index (χ0v) is 31.1. The highest BCUT2D eigenvalue weighted by Crippen LogP contribution is 2.37. The van der Waals surface area contributed by atoms with Gasteiger partial charge in [-0.3, -0.25) is 19.7 Å². The molecule has 2 aromatic heterocycles. The van der Waals surface area contributed by atoms with Gasteiger partial charge in [-0.25, -0.2) is 18.3 Å². The van der Waals surface area contributed by atoms with Crippen molar-refractivity contribution < 1.29 is 28.3 Å². The second-order valence-corrected chi connectivity index (χ2v) is 15.1. The Balaban J connectivity index is 0.783. The van der Waals surface area contributed by atoms with Gasteiger partial charge in [-0.05, 0) is 106 Å². The second-order valence-electron chi connectivity index (χ2n) is 15.1. The number of β-amino-alcohol motifs (C(OH)–C–C–N with tert-alkyl or cyclic N) is 1. The fraction of sp³-hybridized carbons (Fsp3) is 0.488. The Morgan fingerprint density at radius 3 is 2.56 bits per heavy atom. The number of likely N-dealkylation sites (tertiary alicyclic amines) is 1. The first-order chi connectivity index (χ1) is 26.7. The maximum Gasteiger partial charge on any atom is 0.256 e. The highest BCUT2D eigenvalue weighted by Gasteiger charge is 2.31. The molecule has 3 aliphatic rings. The normalized spacial score (nSPS) is 20.2. The molecule has 0 spiro atoms. The molecule has 3 aliphatic heterocycles. The summed E-state index contributed by atoms with van der Waals surface area (Å²) in [6, 6.07) is 12.8. The summed E-state index contributed by atoms with van der Waals surface area (Å²) in [5.74, 6) is -0.627. The van der Waals surface area contributed by atoms with Crippen molar-refractivity contribution in [2.45, 2.75) is 94.7 Å². The number of rotatable bonds is 15. The van der Waals surface area contributed by atoms with Crippen molar-refractivity contribution in [2.75, 3.05) is 42.9 Å². The van der Waals surface area contributed by atoms with Gasteiger partial charge < -0.3 is 25.5 Å². The molecular weight excluding hydrogens is 706 g/mol. The number of aliphatic hydroxyl groups excluding tert-OH is 1. The van der Waals surface area contributed by atoms with Gasteiger partial charge in [-0.15, -0.1) is 0 Å². The molecule has 0 aliphatic carbocycles. The van der Waals surface area contributed by atoms with Crippen molar-refractivity contribution >= 4 is 34.9 Å². The minimum atomic E-state index is -0.479. The van der Waals surface area contributed by atoms with Crippen LogP contribution in [0.4, 0.5) is 20.3 Å². The Morgan fingerprint density at radius 1 is 0.964 bits per heavy atom. The van der Waals surface area contributed by atoms with Gasteiger partial charge in [0.1, 0.15) is 29.1 Å². The molecule has 55 heavy (non-hydrogen) atoms. The zero-order valence-electron chi connectivity index (χ0n) is 31.1. The standard InChI is InChI=1S/C41H50F2N8O4/c42-29-10-13-34(43)32(24-29)36-7-5-20-50(36)37-18-23-51-39(47-37)33(25-45-51)40(54)44-19-4-2-1-3-6-31(52)26-49-21-16-28(17-22-49)27-8-11-30(12-9-27)46-35-14-15-38(53)48-41(35)55/h8-13,18,23-25,28,31,35-36,46,52H,1-7,14-17,19-22,26H2,(H,44,54)(H,48,53,55)/t31?,35?,36-/m1/s1. The number of nitrogens with zero attached hydrogens (tertiary/aromatic N) is 5. The Morgan fingerprint density at radius 2 is 1.76 bits per heavy atom. The first kappa shape index (κ1) is 38.3. The molecule has 3 atom stereocenters. The number of imide groups is 1. The topological polar surface area (TPSA) is 144 Å². The summed E-state index contributed by atoms with van der Waals surface area (Å²) in [5, 5.41) is 23.6. The molecule has 292 valence electrons. The van der Waals surface area contributed by atoms with Gasteiger partial charge in [0.2, 0.25) is 11.8 Å². The lowest BCUT2D eigenvalue weighted by molar-refractivity contribution is -0.133. The summed E-state index contributed by atoms with van der Waals surface area (Å²) in [6.07, 6.45) is 11.6. The van der Waals surface area contributed by atoms with Gasteiger partial charge in [0.15, 0.2) is 5.65 Å². The molecule has 2 unspecified atom stereocenters. The molecule has 0 bridgehead atoms. The van der Waals surface area contributed by atoms with Crippen molar-refractivity contribution in [3.8, 4) is 0 Å². The van der Waals surface area contributed by atoms with Gasteiger partial charge in [-0.1, -0.05) is 31.4 Å². The number of nitrogens with one attached hydrogen (secondary N) is 3. The maximum absolute atomic E-state index is 14.6. The van der Waals surface area contributed by atoms with Crippen LogP contribution in [-0.4, -0.2) is 87.2 Å². The van der Waals surface area contributed by atoms with Gasteiger partial charge in [0.05, 0.1) is 18.3 Å². The minimum absolute atomic E-state index is 0.219. The zero-order chi connectivity index (χ0) is 38.3. The Bertz CT molecular complexity index is 1970. The average molecular weight is 757 g/mol. The molecule has 3 fully saturated rings. The first-order valence-electron chi connectivity index (χ1n) is 19.7. The van der Waals surface area contributed by atoms with E-state index in [-0.39, 0.29) is 29.9 Å². The van der Waals surface area contributed by atoms with E-state index in [2.05, 4.69) is 38.1 Å². The second kappa shape index (κ2) is 17.7. The van der Waals surface area contributed by atoms with E-state index in [0.29, 0.717) is 67.4 Å². The van der Waals surface area contributed by atoms with Crippen LogP contribution in [0, 0.1) is 11.6 Å². The molecule has 0 radical (unpaired) electrons. The fourth-order valence-corrected chi connectivity index (χ4v) is 8.19. The van der Waals surface area contributed by atoms with E-state index in [0.717, 1.165) is 82.3 Å². The van der Waals surface area contributed by atoms with Crippen LogP contribution < -0.4 is 20.9 Å². The number of unbranched alkanes of at least 4 members (excludes halogenated alkanes) is 3. The van der Waals surface area contributed by atoms with Crippen molar-refractivity contribution in [2.24, 2.45) is 0 Å². The van der Waals surface area contributed by atoms with Gasteiger partial charge in [0.25, 0.3) is 5.91 Å². The third-order valence-corrected chi connectivity index (χ3v) is 11.2. The van der Waals surface area contributed by atoms with E-state index in [1.54, 1.807) is 16.8 Å². The Kier molecular flexibility index (Phi) is 12.3. The fourth-order valence-electron chi connectivity index (χ4n) is 8.19. The highest BCUT2D eigenvalue weighted by molar-refractivity contribution is 6.01. The van der Waals surface area contributed by atoms with E-state index < -0.39 is 17.7 Å². The number of amides is 3. The molecule has 3 amide bonds. The molecule has 3 saturated heterocycles. The Hall–Kier alpha value is -4.95. The summed E-state index contributed by atoms with van der Waals surface area (Å²) in [6.45, 7) is 3.71. The number of benzene rings is 2. The summed E-state index contributed by atoms with van der Waals surface area (Å²) in [4.78, 5) is 45.6. The van der Waals surface area contributed by atoms with Crippen molar-refractivity contribution in [1.29, 1.82) is 0 Å². The number of carbonyl (C=O) groups is 3. The predicted molar refractivity (Wildman–Crippen MR) is 205 cm³/mol. The number of aliphatic hydroxyl groups is 1. The van der Waals surface area contributed by atoms with Crippen molar-refractivity contribution in [3.05, 3.63) is 89.2 Å². The number of aromatic nitrogens is 3. The van der Waals surface area contributed by atoms with Crippen LogP contribution in [-0.2, 0) is 9.59 Å². The molecule has 2 aromatic carbocycles. The molecule has 7 rings (SSSR count). The lowest BCUT2D eigenvalue weighted by Gasteiger charge is -2.33. The number of fused-ring (bicyclic) bond motifs is 1. The van der Waals surface area contributed by atoms with Crippen molar-refractivity contribution in [3.63, 3.8) is 0 Å². The molecular formula is C41H50F2N8O4. The van der Waals surface area contributed by atoms with Crippen molar-refractivity contribution in [1.82, 2.24) is 30.1 Å². The van der Waals surface area contributed by atoms with Crippen LogP contribution in [0.3, 0.4) is 0 Å². The largest absolute Gasteiger partial charge is 0.392 e. The molecule has 4 aromatic rings. The first-order valence-corrected chi connectivity index (χ1v) is 19.7. The van der Waals surface area contributed by atoms with Gasteiger partial charge in [0, 0.05) is 43.5 Å². The molecule has 14 heteroatoms. The van der Waals surface area contributed by atoms with E-state index in [1.165, 1.54) is 17.8 Å². The monoisotopic (exact) mass is 756 g/mol. The quantitative estimate of drug-likeness (QED) is 0.0916. The number of halogens is 2. The van der Waals surface area contributed by atoms with E-state index in [4.69, 9.17) is 4.98 Å². The number of hydrogen-bond acceptors (Lipinski definition) is 9. The SMILES string of the molecule is O=C1CCC(Nc2ccc(C3CCN(CC(O)CCCCCCNC(=O)c4cnn5ccc(N6CCC[C@@H]6c6cc(F)ccc6F)nc45)CC3)cc2)C(=O)N1. The summed E-state index contributed by atoms with van der Waals surface area (Å²) in [7, 11) is 0. The number of hydrogen-bond donors (Lipinski definition) is 4. The summed E-state index contributed by atoms with van der Waals surface area (Å²) in [5.41, 5.74) is 3.23. The molecule has 12 nitrogen and oxygen atoms in total. The van der Waals surface area contributed by atoms with Crippen LogP contribution in [0.2, 0.25) is 0 Å². The van der Waals surface area contributed by atoms with E-state index >= 15 is 0 Å². The summed E-state index contributed by atoms with van der Waals surface area (Å²) < 4.78 is 30.2. The van der Waals surface area contributed by atoms with Crippen LogP contribution in [0.5, 0.6) is 0 Å². The van der Waals surface area contributed by atoms with E-state index in [9.17, 15) is 28.3 Å². The molecule has 0 saturated carbocycles. The lowest BCUT2D eigenvalue weighted by atomic mass is 9.89. The lowest BCUT2D eigenvalue weighted by Crippen LogP contribution is -2.47.